The summed E-state index contributed by atoms with van der Waals surface area (Å²) in [6.07, 6.45) is 4.44. The summed E-state index contributed by atoms with van der Waals surface area (Å²) in [7, 11) is 0. The maximum Gasteiger partial charge on any atom is 0.147 e. The van der Waals surface area contributed by atoms with Gasteiger partial charge in [-0.05, 0) is 32.4 Å². The molecule has 0 aromatic carbocycles. The molecule has 1 saturated heterocycles. The normalized spacial score (nSPS) is 21.6. The molecule has 0 radical (unpaired) electrons. The first-order chi connectivity index (χ1) is 7.77. The fourth-order valence-electron chi connectivity index (χ4n) is 1.96. The highest BCUT2D eigenvalue weighted by molar-refractivity contribution is 7.99. The standard InChI is InChI=1S/C11H20N4S/c1-9(2)15-8-13-14-11(15)6-12-10-4-3-5-16-7-10/h8-10,12H,3-7H2,1-2H3. The smallest absolute Gasteiger partial charge is 0.147 e. The van der Waals surface area contributed by atoms with Crippen LogP contribution in [-0.2, 0) is 6.54 Å². The zero-order valence-corrected chi connectivity index (χ0v) is 10.8. The Balaban J connectivity index is 1.86. The van der Waals surface area contributed by atoms with Crippen LogP contribution in [0.25, 0.3) is 0 Å². The lowest BCUT2D eigenvalue weighted by molar-refractivity contribution is 0.476. The molecule has 1 aromatic rings. The largest absolute Gasteiger partial charge is 0.314 e. The number of hydrogen-bond donors (Lipinski definition) is 1. The molecule has 1 aliphatic rings. The van der Waals surface area contributed by atoms with E-state index < -0.39 is 0 Å². The van der Waals surface area contributed by atoms with Crippen molar-refractivity contribution in [2.45, 2.75) is 45.3 Å². The third-order valence-electron chi connectivity index (χ3n) is 2.91. The van der Waals surface area contributed by atoms with E-state index in [1.165, 1.54) is 24.3 Å². The first-order valence-corrected chi connectivity index (χ1v) is 7.12. The van der Waals surface area contributed by atoms with Gasteiger partial charge in [0.1, 0.15) is 12.2 Å². The van der Waals surface area contributed by atoms with Crippen LogP contribution in [0.15, 0.2) is 6.33 Å². The Labute approximate surface area is 101 Å². The monoisotopic (exact) mass is 240 g/mol. The number of rotatable bonds is 4. The van der Waals surface area contributed by atoms with Crippen molar-refractivity contribution in [1.82, 2.24) is 20.1 Å². The fourth-order valence-corrected chi connectivity index (χ4v) is 3.07. The number of nitrogens with zero attached hydrogens (tertiary/aromatic N) is 3. The van der Waals surface area contributed by atoms with E-state index >= 15 is 0 Å². The maximum absolute atomic E-state index is 4.17. The molecule has 0 bridgehead atoms. The summed E-state index contributed by atoms with van der Waals surface area (Å²) in [5.41, 5.74) is 0. The van der Waals surface area contributed by atoms with Crippen molar-refractivity contribution in [3.63, 3.8) is 0 Å². The molecule has 0 aliphatic carbocycles. The molecule has 4 nitrogen and oxygen atoms in total. The van der Waals surface area contributed by atoms with Gasteiger partial charge in [0.15, 0.2) is 0 Å². The lowest BCUT2D eigenvalue weighted by Crippen LogP contribution is -2.34. The number of hydrogen-bond acceptors (Lipinski definition) is 4. The van der Waals surface area contributed by atoms with Gasteiger partial charge in [-0.3, -0.25) is 0 Å². The molecule has 16 heavy (non-hydrogen) atoms. The van der Waals surface area contributed by atoms with E-state index in [1.807, 2.05) is 18.1 Å². The van der Waals surface area contributed by atoms with Gasteiger partial charge >= 0.3 is 0 Å². The van der Waals surface area contributed by atoms with Gasteiger partial charge in [0, 0.05) is 17.8 Å². The van der Waals surface area contributed by atoms with Crippen molar-refractivity contribution in [2.24, 2.45) is 0 Å². The van der Waals surface area contributed by atoms with E-state index in [-0.39, 0.29) is 0 Å². The van der Waals surface area contributed by atoms with Gasteiger partial charge in [0.2, 0.25) is 0 Å². The third-order valence-corrected chi connectivity index (χ3v) is 4.13. The second kappa shape index (κ2) is 5.68. The van der Waals surface area contributed by atoms with Gasteiger partial charge in [-0.1, -0.05) is 0 Å². The van der Waals surface area contributed by atoms with E-state index in [0.29, 0.717) is 12.1 Å². The molecular formula is C11H20N4S. The minimum absolute atomic E-state index is 0.438. The first-order valence-electron chi connectivity index (χ1n) is 5.97. The minimum atomic E-state index is 0.438. The molecule has 1 unspecified atom stereocenters. The zero-order chi connectivity index (χ0) is 11.4. The molecule has 1 atom stereocenters. The third kappa shape index (κ3) is 2.98. The van der Waals surface area contributed by atoms with Crippen LogP contribution in [0.3, 0.4) is 0 Å². The molecule has 5 heteroatoms. The quantitative estimate of drug-likeness (QED) is 0.872. The second-order valence-electron chi connectivity index (χ2n) is 4.54. The van der Waals surface area contributed by atoms with Crippen LogP contribution >= 0.6 is 11.8 Å². The molecule has 0 amide bonds. The Hall–Kier alpha value is -0.550. The van der Waals surface area contributed by atoms with Crippen molar-refractivity contribution in [2.75, 3.05) is 11.5 Å². The van der Waals surface area contributed by atoms with Gasteiger partial charge in [-0.2, -0.15) is 11.8 Å². The van der Waals surface area contributed by atoms with E-state index in [4.69, 9.17) is 0 Å². The SMILES string of the molecule is CC(C)n1cnnc1CNC1CCCSC1. The topological polar surface area (TPSA) is 42.7 Å². The van der Waals surface area contributed by atoms with Crippen LogP contribution in [0, 0.1) is 0 Å². The molecule has 1 N–H and O–H groups in total. The molecular weight excluding hydrogens is 220 g/mol. The first kappa shape index (κ1) is 11.9. The van der Waals surface area contributed by atoms with Crippen molar-refractivity contribution < 1.29 is 0 Å². The van der Waals surface area contributed by atoms with Crippen molar-refractivity contribution in [3.8, 4) is 0 Å². The number of thioether (sulfide) groups is 1. The second-order valence-corrected chi connectivity index (χ2v) is 5.69. The summed E-state index contributed by atoms with van der Waals surface area (Å²) >= 11 is 2.05. The van der Waals surface area contributed by atoms with E-state index in [1.54, 1.807) is 0 Å². The van der Waals surface area contributed by atoms with Crippen LogP contribution in [0.4, 0.5) is 0 Å². The molecule has 0 spiro atoms. The van der Waals surface area contributed by atoms with Crippen LogP contribution in [0.2, 0.25) is 0 Å². The van der Waals surface area contributed by atoms with Gasteiger partial charge in [-0.15, -0.1) is 10.2 Å². The Morgan fingerprint density at radius 2 is 2.50 bits per heavy atom. The molecule has 1 aliphatic heterocycles. The summed E-state index contributed by atoms with van der Waals surface area (Å²) in [5.74, 6) is 3.60. The Morgan fingerprint density at radius 1 is 1.62 bits per heavy atom. The van der Waals surface area contributed by atoms with Crippen LogP contribution in [-0.4, -0.2) is 32.3 Å². The highest BCUT2D eigenvalue weighted by Crippen LogP contribution is 2.17. The van der Waals surface area contributed by atoms with Crippen molar-refractivity contribution in [1.29, 1.82) is 0 Å². The summed E-state index contributed by atoms with van der Waals surface area (Å²) < 4.78 is 2.13. The predicted octanol–water partition coefficient (Wildman–Crippen LogP) is 1.84. The lowest BCUT2D eigenvalue weighted by Gasteiger charge is -2.22. The van der Waals surface area contributed by atoms with E-state index in [2.05, 4.69) is 33.9 Å². The van der Waals surface area contributed by atoms with Gasteiger partial charge in [0.05, 0.1) is 6.54 Å². The number of aromatic nitrogens is 3. The maximum atomic E-state index is 4.17. The molecule has 2 rings (SSSR count). The Kier molecular flexibility index (Phi) is 4.23. The number of nitrogens with one attached hydrogen (secondary N) is 1. The molecule has 2 heterocycles. The van der Waals surface area contributed by atoms with Gasteiger partial charge < -0.3 is 9.88 Å². The average molecular weight is 240 g/mol. The summed E-state index contributed by atoms with van der Waals surface area (Å²) in [6, 6.07) is 1.09. The van der Waals surface area contributed by atoms with Gasteiger partial charge in [-0.25, -0.2) is 0 Å². The Bertz CT molecular complexity index is 318. The molecule has 90 valence electrons. The van der Waals surface area contributed by atoms with Crippen LogP contribution < -0.4 is 5.32 Å². The molecule has 1 fully saturated rings. The summed E-state index contributed by atoms with van der Waals surface area (Å²) in [5, 5.41) is 11.7. The highest BCUT2D eigenvalue weighted by Gasteiger charge is 2.14. The predicted molar refractivity (Wildman–Crippen MR) is 67.6 cm³/mol. The Morgan fingerprint density at radius 3 is 3.19 bits per heavy atom. The molecule has 0 saturated carbocycles. The molecule has 1 aromatic heterocycles. The van der Waals surface area contributed by atoms with Crippen molar-refractivity contribution in [3.05, 3.63) is 12.2 Å². The van der Waals surface area contributed by atoms with Crippen LogP contribution in [0.1, 0.15) is 38.6 Å². The van der Waals surface area contributed by atoms with Crippen molar-refractivity contribution >= 4 is 11.8 Å². The van der Waals surface area contributed by atoms with E-state index in [0.717, 1.165) is 12.4 Å². The van der Waals surface area contributed by atoms with E-state index in [9.17, 15) is 0 Å². The summed E-state index contributed by atoms with van der Waals surface area (Å²) in [6.45, 7) is 5.15. The minimum Gasteiger partial charge on any atom is -0.314 e. The fraction of sp³-hybridized carbons (Fsp3) is 0.818. The van der Waals surface area contributed by atoms with Gasteiger partial charge in [0.25, 0.3) is 0 Å². The van der Waals surface area contributed by atoms with Crippen LogP contribution in [0.5, 0.6) is 0 Å². The summed E-state index contributed by atoms with van der Waals surface area (Å²) in [4.78, 5) is 0. The lowest BCUT2D eigenvalue weighted by atomic mass is 10.2. The highest BCUT2D eigenvalue weighted by atomic mass is 32.2. The zero-order valence-electron chi connectivity index (χ0n) is 10.0. The average Bonchev–Trinajstić information content (AvgIpc) is 2.76.